The lowest BCUT2D eigenvalue weighted by atomic mass is 10.1. The fourth-order valence-corrected chi connectivity index (χ4v) is 3.79. The average molecular weight is 350 g/mol. The van der Waals surface area contributed by atoms with E-state index in [-0.39, 0.29) is 11.3 Å². The van der Waals surface area contributed by atoms with Crippen LogP contribution < -0.4 is 5.32 Å². The lowest BCUT2D eigenvalue weighted by Crippen LogP contribution is -2.13. The van der Waals surface area contributed by atoms with Crippen LogP contribution in [0.2, 0.25) is 0 Å². The molecule has 3 rings (SSSR count). The van der Waals surface area contributed by atoms with Crippen molar-refractivity contribution < 1.29 is 14.1 Å². The first-order valence-electron chi connectivity index (χ1n) is 7.31. The number of amides is 1. The number of hydrogen-bond acceptors (Lipinski definition) is 4. The molecule has 0 fully saturated rings. The molecule has 5 nitrogen and oxygen atoms in total. The first-order valence-corrected chi connectivity index (χ1v) is 9.10. The molecule has 25 heavy (non-hydrogen) atoms. The average Bonchev–Trinajstić information content (AvgIpc) is 2.89. The monoisotopic (exact) mass is 350 g/mol. The fraction of sp³-hybridized carbons (Fsp3) is 0. The molecular formula is C19H14N2O3S. The van der Waals surface area contributed by atoms with Crippen molar-refractivity contribution in [1.82, 2.24) is 0 Å². The van der Waals surface area contributed by atoms with Gasteiger partial charge >= 0.3 is 0 Å². The van der Waals surface area contributed by atoms with E-state index in [2.05, 4.69) is 11.2 Å². The second kappa shape index (κ2) is 6.30. The van der Waals surface area contributed by atoms with Gasteiger partial charge in [0.05, 0.1) is 0 Å². The Morgan fingerprint density at radius 1 is 1.28 bits per heavy atom. The zero-order valence-electron chi connectivity index (χ0n) is 13.1. The van der Waals surface area contributed by atoms with Crippen LogP contribution in [0.3, 0.4) is 0 Å². The molecule has 1 unspecified atom stereocenters. The summed E-state index contributed by atoms with van der Waals surface area (Å²) < 4.78 is 12.3. The van der Waals surface area contributed by atoms with E-state index in [9.17, 15) is 19.4 Å². The zero-order chi connectivity index (χ0) is 18.0. The number of phenols is 1. The Kier molecular flexibility index (Phi) is 4.17. The molecule has 1 amide bonds. The van der Waals surface area contributed by atoms with E-state index >= 15 is 0 Å². The zero-order valence-corrected chi connectivity index (χ0v) is 13.9. The van der Waals surface area contributed by atoms with Crippen molar-refractivity contribution in [2.75, 3.05) is 5.32 Å². The summed E-state index contributed by atoms with van der Waals surface area (Å²) in [5.41, 5.74) is 1.43. The van der Waals surface area contributed by atoms with Gasteiger partial charge in [0.25, 0.3) is 5.91 Å². The summed E-state index contributed by atoms with van der Waals surface area (Å²) in [5, 5.41) is 23.1. The molecule has 0 bridgehead atoms. The van der Waals surface area contributed by atoms with Crippen LogP contribution in [-0.4, -0.2) is 21.1 Å². The molecule has 0 aliphatic carbocycles. The van der Waals surface area contributed by atoms with Crippen molar-refractivity contribution >= 4 is 39.1 Å². The summed E-state index contributed by atoms with van der Waals surface area (Å²) in [6.45, 7) is 0. The molecule has 1 atom stereocenters. The normalized spacial score (nSPS) is 18.4. The first kappa shape index (κ1) is 16.6. The van der Waals surface area contributed by atoms with E-state index in [1.54, 1.807) is 47.9 Å². The van der Waals surface area contributed by atoms with E-state index in [1.807, 2.05) is 6.07 Å². The highest BCUT2D eigenvalue weighted by Crippen LogP contribution is 2.29. The third-order valence-corrected chi connectivity index (χ3v) is 5.39. The summed E-state index contributed by atoms with van der Waals surface area (Å²) in [6.07, 6.45) is 3.04. The number of fused-ring (bicyclic) bond motifs is 1. The van der Waals surface area contributed by atoms with Gasteiger partial charge in [-0.2, -0.15) is 5.26 Å². The number of benzene rings is 2. The van der Waals surface area contributed by atoms with Crippen LogP contribution in [0.25, 0.3) is 12.2 Å². The highest BCUT2D eigenvalue weighted by atomic mass is 32.2. The second-order valence-corrected chi connectivity index (χ2v) is 7.63. The predicted octanol–water partition coefficient (Wildman–Crippen LogP) is 3.00. The van der Waals surface area contributed by atoms with Gasteiger partial charge in [0.2, 0.25) is 0 Å². The third-order valence-electron chi connectivity index (χ3n) is 3.71. The molecule has 2 aromatic rings. The summed E-state index contributed by atoms with van der Waals surface area (Å²) in [6, 6.07) is 13.2. The van der Waals surface area contributed by atoms with Crippen molar-refractivity contribution in [3.63, 3.8) is 0 Å². The van der Waals surface area contributed by atoms with Crippen LogP contribution in [-0.2, 0) is 14.3 Å². The molecule has 6 heteroatoms. The molecule has 0 spiro atoms. The molecule has 0 saturated heterocycles. The molecule has 124 valence electrons. The van der Waals surface area contributed by atoms with Crippen LogP contribution in [0, 0.1) is 11.3 Å². The van der Waals surface area contributed by atoms with Crippen molar-refractivity contribution in [2.45, 2.75) is 4.90 Å². The van der Waals surface area contributed by atoms with Gasteiger partial charge in [-0.25, -0.2) is 0 Å². The van der Waals surface area contributed by atoms with Gasteiger partial charge in [-0.3, -0.25) is 9.00 Å². The lowest BCUT2D eigenvalue weighted by Gasteiger charge is -2.08. The number of nitriles is 1. The number of hydrogen-bond donors (Lipinski definition) is 2. The number of rotatable bonds is 3. The van der Waals surface area contributed by atoms with Gasteiger partial charge < -0.3 is 10.4 Å². The molecule has 1 aliphatic rings. The van der Waals surface area contributed by atoms with Gasteiger partial charge in [-0.15, -0.1) is 0 Å². The first-order chi connectivity index (χ1) is 11.9. The SMILES string of the molecule is C=S1(=O)C=Cc2ccc(NC(=O)/C(C#N)=C/c3ccccc3O)cc21. The Hall–Kier alpha value is -3.30. The molecule has 2 N–H and O–H groups in total. The third kappa shape index (κ3) is 3.32. The van der Waals surface area contributed by atoms with Crippen molar-refractivity contribution in [1.29, 1.82) is 5.26 Å². The molecule has 1 heterocycles. The Morgan fingerprint density at radius 2 is 2.04 bits per heavy atom. The number of carbonyl (C=O) groups excluding carboxylic acids is 1. The highest BCUT2D eigenvalue weighted by Gasteiger charge is 2.17. The maximum absolute atomic E-state index is 12.3. The summed E-state index contributed by atoms with van der Waals surface area (Å²) in [5.74, 6) is 3.04. The number of phenolic OH excluding ortho intramolecular Hbond substituents is 1. The predicted molar refractivity (Wildman–Crippen MR) is 99.3 cm³/mol. The largest absolute Gasteiger partial charge is 0.507 e. The van der Waals surface area contributed by atoms with Crippen LogP contribution in [0.5, 0.6) is 5.75 Å². The Morgan fingerprint density at radius 3 is 2.76 bits per heavy atom. The summed E-state index contributed by atoms with van der Waals surface area (Å²) >= 11 is 0. The minimum atomic E-state index is -2.49. The number of nitrogens with one attached hydrogen (secondary N) is 1. The smallest absolute Gasteiger partial charge is 0.266 e. The number of para-hydroxylation sites is 1. The minimum absolute atomic E-state index is 0.0246. The van der Waals surface area contributed by atoms with E-state index in [4.69, 9.17) is 0 Å². The molecule has 1 aliphatic heterocycles. The summed E-state index contributed by atoms with van der Waals surface area (Å²) in [7, 11) is -2.49. The van der Waals surface area contributed by atoms with Gasteiger partial charge in [-0.05, 0) is 47.2 Å². The fourth-order valence-electron chi connectivity index (χ4n) is 2.42. The van der Waals surface area contributed by atoms with E-state index in [1.165, 1.54) is 12.1 Å². The lowest BCUT2D eigenvalue weighted by molar-refractivity contribution is -0.112. The van der Waals surface area contributed by atoms with Gasteiger partial charge in [0.1, 0.15) is 17.4 Å². The maximum atomic E-state index is 12.3. The van der Waals surface area contributed by atoms with Crippen molar-refractivity contribution in [2.24, 2.45) is 0 Å². The van der Waals surface area contributed by atoms with Gasteiger partial charge in [-0.1, -0.05) is 24.3 Å². The second-order valence-electron chi connectivity index (χ2n) is 5.46. The summed E-state index contributed by atoms with van der Waals surface area (Å²) in [4.78, 5) is 12.9. The Labute approximate surface area is 145 Å². The molecule has 0 radical (unpaired) electrons. The van der Waals surface area contributed by atoms with Crippen LogP contribution in [0.1, 0.15) is 11.1 Å². The van der Waals surface area contributed by atoms with E-state index in [0.29, 0.717) is 16.1 Å². The molecule has 2 aromatic carbocycles. The highest BCUT2D eigenvalue weighted by molar-refractivity contribution is 8.03. The van der Waals surface area contributed by atoms with Crippen molar-refractivity contribution in [3.8, 4) is 11.8 Å². The standard InChI is InChI=1S/C19H14N2O3S/c1-25(24)9-8-13-6-7-16(11-18(13)25)21-19(23)15(12-20)10-14-4-2-3-5-17(14)22/h2-11,22H,1H2,(H,21,23)/b15-10+. The van der Waals surface area contributed by atoms with Crippen LogP contribution >= 0.6 is 0 Å². The van der Waals surface area contributed by atoms with Crippen LogP contribution in [0.15, 0.2) is 58.3 Å². The maximum Gasteiger partial charge on any atom is 0.266 e. The van der Waals surface area contributed by atoms with Crippen molar-refractivity contribution in [3.05, 3.63) is 64.6 Å². The van der Waals surface area contributed by atoms with Crippen LogP contribution in [0.4, 0.5) is 5.69 Å². The molecule has 0 saturated carbocycles. The number of anilines is 1. The number of aromatic hydroxyl groups is 1. The Bertz CT molecular complexity index is 1070. The van der Waals surface area contributed by atoms with E-state index < -0.39 is 15.4 Å². The number of carbonyl (C=O) groups is 1. The molecular weight excluding hydrogens is 336 g/mol. The quantitative estimate of drug-likeness (QED) is 0.506. The topological polar surface area (TPSA) is 90.2 Å². The number of nitrogens with zero attached hydrogens (tertiary/aromatic N) is 1. The Balaban J connectivity index is 1.88. The van der Waals surface area contributed by atoms with E-state index in [0.717, 1.165) is 5.56 Å². The van der Waals surface area contributed by atoms with Gasteiger partial charge in [0, 0.05) is 25.7 Å². The van der Waals surface area contributed by atoms with Gasteiger partial charge in [0.15, 0.2) is 0 Å². The molecule has 0 aromatic heterocycles. The minimum Gasteiger partial charge on any atom is -0.507 e.